The molecule has 2 saturated heterocycles. The van der Waals surface area contributed by atoms with Crippen LogP contribution in [0.3, 0.4) is 0 Å². The topological polar surface area (TPSA) is 27.3 Å². The highest BCUT2D eigenvalue weighted by molar-refractivity contribution is 4.91. The van der Waals surface area contributed by atoms with E-state index in [-0.39, 0.29) is 0 Å². The Labute approximate surface area is 100.0 Å². The Morgan fingerprint density at radius 2 is 2.06 bits per heavy atom. The molecule has 2 rings (SSSR count). The van der Waals surface area contributed by atoms with Crippen LogP contribution >= 0.6 is 0 Å². The van der Waals surface area contributed by atoms with E-state index in [0.717, 1.165) is 12.6 Å². The van der Waals surface area contributed by atoms with Crippen LogP contribution in [0.2, 0.25) is 0 Å². The lowest BCUT2D eigenvalue weighted by Gasteiger charge is -2.40. The summed E-state index contributed by atoms with van der Waals surface area (Å²) in [6, 6.07) is 1.44. The van der Waals surface area contributed by atoms with Crippen molar-refractivity contribution in [3.05, 3.63) is 0 Å². The quantitative estimate of drug-likeness (QED) is 0.739. The minimum Gasteiger partial charge on any atom is -0.312 e. The van der Waals surface area contributed by atoms with Gasteiger partial charge in [-0.05, 0) is 59.7 Å². The number of nitrogens with zero attached hydrogens (tertiary/aromatic N) is 1. The fourth-order valence-electron chi connectivity index (χ4n) is 3.15. The van der Waals surface area contributed by atoms with Gasteiger partial charge in [-0.2, -0.15) is 0 Å². The average Bonchev–Trinajstić information content (AvgIpc) is 2.15. The van der Waals surface area contributed by atoms with E-state index in [4.69, 9.17) is 0 Å². The summed E-state index contributed by atoms with van der Waals surface area (Å²) in [5.74, 6) is 0. The number of likely N-dealkylation sites (N-methyl/N-ethyl adjacent to an activating group) is 1. The number of likely N-dealkylation sites (tertiary alicyclic amines) is 1. The highest BCUT2D eigenvalue weighted by atomic mass is 15.1. The van der Waals surface area contributed by atoms with E-state index in [1.165, 1.54) is 38.8 Å². The normalized spacial score (nSPS) is 36.2. The lowest BCUT2D eigenvalue weighted by Crippen LogP contribution is -2.56. The third-order valence-corrected chi connectivity index (χ3v) is 3.95. The van der Waals surface area contributed by atoms with Crippen LogP contribution in [0.25, 0.3) is 0 Å². The Morgan fingerprint density at radius 1 is 1.25 bits per heavy atom. The van der Waals surface area contributed by atoms with E-state index < -0.39 is 0 Å². The van der Waals surface area contributed by atoms with Crippen LogP contribution in [0.1, 0.15) is 39.5 Å². The third-order valence-electron chi connectivity index (χ3n) is 3.95. The maximum absolute atomic E-state index is 3.86. The van der Waals surface area contributed by atoms with Crippen LogP contribution in [0, 0.1) is 0 Å². The van der Waals surface area contributed by atoms with Crippen molar-refractivity contribution in [3.63, 3.8) is 0 Å². The van der Waals surface area contributed by atoms with Gasteiger partial charge in [-0.15, -0.1) is 0 Å². The first kappa shape index (κ1) is 12.3. The molecular weight excluding hydrogens is 198 g/mol. The SMILES string of the molecule is CN1CCCC(NC2CCNC(C)(C)C2)C1. The van der Waals surface area contributed by atoms with Crippen molar-refractivity contribution >= 4 is 0 Å². The van der Waals surface area contributed by atoms with Gasteiger partial charge in [0, 0.05) is 24.2 Å². The van der Waals surface area contributed by atoms with Gasteiger partial charge >= 0.3 is 0 Å². The third kappa shape index (κ3) is 3.44. The first-order valence-corrected chi connectivity index (χ1v) is 6.75. The highest BCUT2D eigenvalue weighted by Crippen LogP contribution is 2.20. The van der Waals surface area contributed by atoms with Gasteiger partial charge in [0.25, 0.3) is 0 Å². The average molecular weight is 225 g/mol. The summed E-state index contributed by atoms with van der Waals surface area (Å²) in [4.78, 5) is 2.45. The van der Waals surface area contributed by atoms with Gasteiger partial charge in [-0.1, -0.05) is 0 Å². The molecule has 0 aromatic carbocycles. The molecule has 2 aliphatic rings. The van der Waals surface area contributed by atoms with E-state index in [9.17, 15) is 0 Å². The fourth-order valence-corrected chi connectivity index (χ4v) is 3.15. The molecule has 0 saturated carbocycles. The second kappa shape index (κ2) is 5.03. The van der Waals surface area contributed by atoms with Crippen molar-refractivity contribution in [1.82, 2.24) is 15.5 Å². The number of nitrogens with one attached hydrogen (secondary N) is 2. The summed E-state index contributed by atoms with van der Waals surface area (Å²) < 4.78 is 0. The molecule has 2 aliphatic heterocycles. The van der Waals surface area contributed by atoms with Crippen LogP contribution in [-0.2, 0) is 0 Å². The molecule has 0 spiro atoms. The van der Waals surface area contributed by atoms with Crippen LogP contribution in [0.5, 0.6) is 0 Å². The van der Waals surface area contributed by atoms with Crippen LogP contribution in [0.4, 0.5) is 0 Å². The first-order valence-electron chi connectivity index (χ1n) is 6.75. The maximum Gasteiger partial charge on any atom is 0.0197 e. The largest absolute Gasteiger partial charge is 0.312 e. The van der Waals surface area contributed by atoms with Crippen LogP contribution in [-0.4, -0.2) is 49.2 Å². The molecule has 2 unspecified atom stereocenters. The summed E-state index contributed by atoms with van der Waals surface area (Å²) >= 11 is 0. The fraction of sp³-hybridized carbons (Fsp3) is 1.00. The van der Waals surface area contributed by atoms with Gasteiger partial charge in [0.2, 0.25) is 0 Å². The van der Waals surface area contributed by atoms with E-state index in [1.54, 1.807) is 0 Å². The van der Waals surface area contributed by atoms with Gasteiger partial charge in [0.1, 0.15) is 0 Å². The Morgan fingerprint density at radius 3 is 2.75 bits per heavy atom. The summed E-state index contributed by atoms with van der Waals surface area (Å²) in [5, 5.41) is 7.45. The number of hydrogen-bond donors (Lipinski definition) is 2. The minimum atomic E-state index is 0.316. The number of hydrogen-bond acceptors (Lipinski definition) is 3. The zero-order valence-corrected chi connectivity index (χ0v) is 11.1. The van der Waals surface area contributed by atoms with Gasteiger partial charge in [0.15, 0.2) is 0 Å². The summed E-state index contributed by atoms with van der Waals surface area (Å²) in [6.45, 7) is 8.29. The first-order chi connectivity index (χ1) is 7.55. The van der Waals surface area contributed by atoms with Crippen molar-refractivity contribution in [3.8, 4) is 0 Å². The lowest BCUT2D eigenvalue weighted by atomic mass is 9.88. The molecule has 3 nitrogen and oxygen atoms in total. The molecule has 0 aromatic heterocycles. The Balaban J connectivity index is 1.80. The predicted molar refractivity (Wildman–Crippen MR) is 68.8 cm³/mol. The molecule has 94 valence electrons. The molecule has 0 radical (unpaired) electrons. The molecule has 2 N–H and O–H groups in total. The second-order valence-corrected chi connectivity index (χ2v) is 6.27. The zero-order chi connectivity index (χ0) is 11.6. The molecule has 2 fully saturated rings. The van der Waals surface area contributed by atoms with Gasteiger partial charge in [-0.3, -0.25) is 0 Å². The van der Waals surface area contributed by atoms with Gasteiger partial charge < -0.3 is 15.5 Å². The molecule has 0 bridgehead atoms. The Hall–Kier alpha value is -0.120. The van der Waals surface area contributed by atoms with Crippen molar-refractivity contribution in [1.29, 1.82) is 0 Å². The predicted octanol–water partition coefficient (Wildman–Crippen LogP) is 1.20. The molecule has 3 heteroatoms. The molecule has 2 heterocycles. The molecule has 0 aromatic rings. The number of rotatable bonds is 2. The molecule has 2 atom stereocenters. The maximum atomic E-state index is 3.86. The smallest absolute Gasteiger partial charge is 0.0197 e. The molecule has 0 amide bonds. The summed E-state index contributed by atoms with van der Waals surface area (Å²) in [7, 11) is 2.24. The van der Waals surface area contributed by atoms with Crippen molar-refractivity contribution < 1.29 is 0 Å². The van der Waals surface area contributed by atoms with Crippen LogP contribution in [0.15, 0.2) is 0 Å². The Bertz CT molecular complexity index is 227. The zero-order valence-electron chi connectivity index (χ0n) is 11.1. The van der Waals surface area contributed by atoms with Crippen molar-refractivity contribution in [2.45, 2.75) is 57.2 Å². The van der Waals surface area contributed by atoms with E-state index in [1.807, 2.05) is 0 Å². The number of piperidine rings is 2. The summed E-state index contributed by atoms with van der Waals surface area (Å²) in [6.07, 6.45) is 5.24. The second-order valence-electron chi connectivity index (χ2n) is 6.27. The minimum absolute atomic E-state index is 0.316. The van der Waals surface area contributed by atoms with Crippen molar-refractivity contribution in [2.75, 3.05) is 26.7 Å². The molecule has 16 heavy (non-hydrogen) atoms. The van der Waals surface area contributed by atoms with Crippen molar-refractivity contribution in [2.24, 2.45) is 0 Å². The molecule has 0 aliphatic carbocycles. The van der Waals surface area contributed by atoms with Crippen LogP contribution < -0.4 is 10.6 Å². The lowest BCUT2D eigenvalue weighted by molar-refractivity contribution is 0.183. The molecular formula is C13H27N3. The summed E-state index contributed by atoms with van der Waals surface area (Å²) in [5.41, 5.74) is 0.316. The highest BCUT2D eigenvalue weighted by Gasteiger charge is 2.29. The van der Waals surface area contributed by atoms with E-state index in [2.05, 4.69) is 36.4 Å². The van der Waals surface area contributed by atoms with E-state index >= 15 is 0 Å². The monoisotopic (exact) mass is 225 g/mol. The Kier molecular flexibility index (Phi) is 3.88. The van der Waals surface area contributed by atoms with Gasteiger partial charge in [0.05, 0.1) is 0 Å². The van der Waals surface area contributed by atoms with E-state index in [0.29, 0.717) is 11.6 Å². The van der Waals surface area contributed by atoms with Gasteiger partial charge in [-0.25, -0.2) is 0 Å². The standard InChI is InChI=1S/C13H27N3/c1-13(2)9-11(6-7-14-13)15-12-5-4-8-16(3)10-12/h11-12,14-15H,4-10H2,1-3H3.